The molecule has 0 spiro atoms. The number of alkyl halides is 1. The Morgan fingerprint density at radius 3 is 2.79 bits per heavy atom. The van der Waals surface area contributed by atoms with E-state index in [1.54, 1.807) is 24.4 Å². The third-order valence-electron chi connectivity index (χ3n) is 4.32. The maximum absolute atomic E-state index is 14.7. The number of aliphatic hydroxyl groups excluding tert-OH is 1. The molecule has 1 saturated heterocycles. The molecule has 7 heteroatoms. The minimum absolute atomic E-state index is 0.250. The van der Waals surface area contributed by atoms with Gasteiger partial charge in [0.2, 0.25) is 0 Å². The molecule has 0 radical (unpaired) electrons. The van der Waals surface area contributed by atoms with Gasteiger partial charge in [0, 0.05) is 13.1 Å². The van der Waals surface area contributed by atoms with Gasteiger partial charge in [-0.2, -0.15) is 0 Å². The number of esters is 2. The largest absolute Gasteiger partial charge is 0.456 e. The van der Waals surface area contributed by atoms with E-state index in [9.17, 15) is 19.1 Å². The Bertz CT molecular complexity index is 650. The van der Waals surface area contributed by atoms with Crippen molar-refractivity contribution in [2.24, 2.45) is 10.9 Å². The Balaban J connectivity index is 1.86. The predicted octanol–water partition coefficient (Wildman–Crippen LogP) is 1.37. The Hall–Kier alpha value is -2.28. The first-order valence-corrected chi connectivity index (χ1v) is 7.75. The van der Waals surface area contributed by atoms with E-state index in [0.29, 0.717) is 6.42 Å². The van der Waals surface area contributed by atoms with Gasteiger partial charge in [0.1, 0.15) is 12.1 Å². The highest BCUT2D eigenvalue weighted by Gasteiger charge is 2.53. The van der Waals surface area contributed by atoms with Gasteiger partial charge in [-0.25, -0.2) is 4.39 Å². The third kappa shape index (κ3) is 3.03. The molecule has 1 fully saturated rings. The average molecular weight is 335 g/mol. The summed E-state index contributed by atoms with van der Waals surface area (Å²) in [6.07, 6.45) is -3.84. The van der Waals surface area contributed by atoms with E-state index in [-0.39, 0.29) is 5.56 Å². The van der Waals surface area contributed by atoms with E-state index in [4.69, 9.17) is 9.47 Å². The van der Waals surface area contributed by atoms with Gasteiger partial charge >= 0.3 is 11.9 Å². The van der Waals surface area contributed by atoms with Crippen molar-refractivity contribution in [2.75, 3.05) is 0 Å². The van der Waals surface area contributed by atoms with Gasteiger partial charge in [-0.15, -0.1) is 0 Å². The first-order chi connectivity index (χ1) is 11.5. The van der Waals surface area contributed by atoms with E-state index in [0.717, 1.165) is 0 Å². The van der Waals surface area contributed by atoms with Crippen LogP contribution in [0, 0.1) is 5.92 Å². The SMILES string of the molecule is CC(=O)OC1C2N=CCC2C(=O)O[C@H]1[C@@H](O)[C@H](F)c1ccccc1. The maximum atomic E-state index is 14.7. The topological polar surface area (TPSA) is 85.2 Å². The summed E-state index contributed by atoms with van der Waals surface area (Å²) in [5, 5.41) is 10.4. The lowest BCUT2D eigenvalue weighted by Crippen LogP contribution is -2.57. The van der Waals surface area contributed by atoms with Crippen molar-refractivity contribution in [1.82, 2.24) is 0 Å². The molecule has 6 nitrogen and oxygen atoms in total. The first-order valence-electron chi connectivity index (χ1n) is 7.75. The van der Waals surface area contributed by atoms with Gasteiger partial charge in [0.05, 0.1) is 5.92 Å². The van der Waals surface area contributed by atoms with Crippen molar-refractivity contribution in [3.8, 4) is 0 Å². The summed E-state index contributed by atoms with van der Waals surface area (Å²) < 4.78 is 25.1. The second kappa shape index (κ2) is 6.68. The van der Waals surface area contributed by atoms with Gasteiger partial charge in [-0.05, 0) is 12.0 Å². The molecule has 2 aliphatic rings. The molecular formula is C17H18FNO5. The smallest absolute Gasteiger partial charge is 0.312 e. The molecule has 0 aromatic heterocycles. The maximum Gasteiger partial charge on any atom is 0.312 e. The van der Waals surface area contributed by atoms with Gasteiger partial charge in [0.15, 0.2) is 18.4 Å². The zero-order chi connectivity index (χ0) is 17.3. The zero-order valence-corrected chi connectivity index (χ0v) is 13.0. The van der Waals surface area contributed by atoms with Gasteiger partial charge in [-0.1, -0.05) is 30.3 Å². The number of hydrogen-bond acceptors (Lipinski definition) is 6. The lowest BCUT2D eigenvalue weighted by atomic mass is 9.86. The Morgan fingerprint density at radius 2 is 2.12 bits per heavy atom. The summed E-state index contributed by atoms with van der Waals surface area (Å²) in [6, 6.07) is 7.40. The standard InChI is InChI=1S/C17H18FNO5/c1-9(20)23-15-13-11(7-8-19-13)17(22)24-16(15)14(21)12(18)10-5-3-2-4-6-10/h2-6,8,11-16,21H,7H2,1H3/t11?,12-,13?,14+,15?,16+/m1/s1. The number of fused-ring (bicyclic) bond motifs is 1. The monoisotopic (exact) mass is 335 g/mol. The van der Waals surface area contributed by atoms with Crippen molar-refractivity contribution in [1.29, 1.82) is 0 Å². The summed E-state index contributed by atoms with van der Waals surface area (Å²) >= 11 is 0. The molecule has 128 valence electrons. The number of carbonyl (C=O) groups excluding carboxylic acids is 2. The van der Waals surface area contributed by atoms with E-state index in [1.165, 1.54) is 19.1 Å². The summed E-state index contributed by atoms with van der Waals surface area (Å²) in [7, 11) is 0. The van der Waals surface area contributed by atoms with Crippen LogP contribution in [0.25, 0.3) is 0 Å². The number of benzene rings is 1. The number of carbonyl (C=O) groups is 2. The molecule has 3 unspecified atom stereocenters. The van der Waals surface area contributed by atoms with Crippen molar-refractivity contribution in [3.63, 3.8) is 0 Å². The van der Waals surface area contributed by atoms with Crippen LogP contribution in [0.3, 0.4) is 0 Å². The van der Waals surface area contributed by atoms with Crippen molar-refractivity contribution in [2.45, 2.75) is 43.9 Å². The van der Waals surface area contributed by atoms with Crippen molar-refractivity contribution < 1.29 is 28.6 Å². The molecule has 24 heavy (non-hydrogen) atoms. The van der Waals surface area contributed by atoms with Crippen LogP contribution in [-0.4, -0.2) is 47.6 Å². The molecule has 1 aromatic rings. The third-order valence-corrected chi connectivity index (χ3v) is 4.32. The second-order valence-electron chi connectivity index (χ2n) is 5.94. The quantitative estimate of drug-likeness (QED) is 0.840. The Kier molecular flexibility index (Phi) is 4.62. The number of halogens is 1. The lowest BCUT2D eigenvalue weighted by Gasteiger charge is -2.39. The number of nitrogens with zero attached hydrogens (tertiary/aromatic N) is 1. The van der Waals surface area contributed by atoms with Crippen LogP contribution >= 0.6 is 0 Å². The van der Waals surface area contributed by atoms with Crippen LogP contribution in [0.1, 0.15) is 25.1 Å². The Morgan fingerprint density at radius 1 is 1.42 bits per heavy atom. The summed E-state index contributed by atoms with van der Waals surface area (Å²) in [4.78, 5) is 27.7. The van der Waals surface area contributed by atoms with Crippen LogP contribution in [0.5, 0.6) is 0 Å². The Labute approximate surface area is 138 Å². The second-order valence-corrected chi connectivity index (χ2v) is 5.94. The normalized spacial score (nSPS) is 31.0. The van der Waals surface area contributed by atoms with Gasteiger partial charge < -0.3 is 14.6 Å². The summed E-state index contributed by atoms with van der Waals surface area (Å²) in [6.45, 7) is 1.21. The van der Waals surface area contributed by atoms with Crippen LogP contribution in [-0.2, 0) is 19.1 Å². The van der Waals surface area contributed by atoms with E-state index >= 15 is 0 Å². The number of ether oxygens (including phenoxy) is 2. The van der Waals surface area contributed by atoms with E-state index in [2.05, 4.69) is 4.99 Å². The number of hydrogen-bond donors (Lipinski definition) is 1. The molecule has 6 atom stereocenters. The highest BCUT2D eigenvalue weighted by atomic mass is 19.1. The summed E-state index contributed by atoms with van der Waals surface area (Å²) in [5.74, 6) is -1.73. The number of cyclic esters (lactones) is 1. The van der Waals surface area contributed by atoms with Crippen molar-refractivity contribution in [3.05, 3.63) is 35.9 Å². The number of aliphatic imine (C=N–C) groups is 1. The molecule has 0 bridgehead atoms. The fourth-order valence-corrected chi connectivity index (χ4v) is 3.16. The average Bonchev–Trinajstić information content (AvgIpc) is 3.07. The minimum atomic E-state index is -1.79. The molecule has 1 N–H and O–H groups in total. The number of rotatable bonds is 4. The fraction of sp³-hybridized carbons (Fsp3) is 0.471. The molecule has 1 aromatic carbocycles. The lowest BCUT2D eigenvalue weighted by molar-refractivity contribution is -0.200. The predicted molar refractivity (Wildman–Crippen MR) is 82.1 cm³/mol. The molecule has 0 saturated carbocycles. The molecular weight excluding hydrogens is 317 g/mol. The van der Waals surface area contributed by atoms with E-state index in [1.807, 2.05) is 0 Å². The molecule has 3 rings (SSSR count). The molecule has 0 aliphatic carbocycles. The highest BCUT2D eigenvalue weighted by Crippen LogP contribution is 2.36. The van der Waals surface area contributed by atoms with Crippen LogP contribution in [0.4, 0.5) is 4.39 Å². The molecule has 2 aliphatic heterocycles. The molecule has 2 heterocycles. The van der Waals surface area contributed by atoms with E-state index < -0.39 is 48.4 Å². The molecule has 0 amide bonds. The first kappa shape index (κ1) is 16.6. The van der Waals surface area contributed by atoms with Crippen LogP contribution in [0.15, 0.2) is 35.3 Å². The fourth-order valence-electron chi connectivity index (χ4n) is 3.16. The zero-order valence-electron chi connectivity index (χ0n) is 13.0. The van der Waals surface area contributed by atoms with Gasteiger partial charge in [0.25, 0.3) is 0 Å². The minimum Gasteiger partial charge on any atom is -0.456 e. The number of aliphatic hydroxyl groups is 1. The van der Waals surface area contributed by atoms with Crippen LogP contribution in [0.2, 0.25) is 0 Å². The van der Waals surface area contributed by atoms with Crippen LogP contribution < -0.4 is 0 Å². The van der Waals surface area contributed by atoms with Gasteiger partial charge in [-0.3, -0.25) is 14.6 Å². The summed E-state index contributed by atoms with van der Waals surface area (Å²) in [5.41, 5.74) is 0.250. The highest BCUT2D eigenvalue weighted by molar-refractivity contribution is 5.81. The van der Waals surface area contributed by atoms with Crippen molar-refractivity contribution >= 4 is 18.2 Å².